The fourth-order valence-corrected chi connectivity index (χ4v) is 12.5. The lowest BCUT2D eigenvalue weighted by Crippen LogP contribution is -2.72. The average Bonchev–Trinajstić information content (AvgIpc) is 3.76. The molecule has 242 valence electrons. The number of benzene rings is 3. The molecule has 6 heterocycles. The Labute approximate surface area is 279 Å². The summed E-state index contributed by atoms with van der Waals surface area (Å²) in [5, 5.41) is 7.33. The van der Waals surface area contributed by atoms with Crippen LogP contribution in [0.2, 0.25) is 0 Å². The number of hydrogen-bond acceptors (Lipinski definition) is 10. The molecule has 0 unspecified atom stereocenters. The molecule has 15 heteroatoms. The summed E-state index contributed by atoms with van der Waals surface area (Å²) in [6, 6.07) is 23.2. The van der Waals surface area contributed by atoms with Crippen molar-refractivity contribution in [2.75, 3.05) is 18.0 Å². The molecule has 1 aromatic heterocycles. The second kappa shape index (κ2) is 11.0. The number of anilines is 1. The van der Waals surface area contributed by atoms with Gasteiger partial charge < -0.3 is 15.4 Å². The minimum Gasteiger partial charge on any atom is -0.494 e. The van der Waals surface area contributed by atoms with E-state index in [-0.39, 0.29) is 23.1 Å². The molecule has 0 aliphatic carbocycles. The maximum atomic E-state index is 14.6. The van der Waals surface area contributed by atoms with Crippen LogP contribution in [-0.2, 0) is 38.1 Å². The van der Waals surface area contributed by atoms with Crippen LogP contribution >= 0.6 is 21.6 Å². The van der Waals surface area contributed by atoms with Gasteiger partial charge in [0.2, 0.25) is 0 Å². The number of ether oxygens (including phenoxy) is 1. The molecule has 4 saturated heterocycles. The van der Waals surface area contributed by atoms with Gasteiger partial charge in [-0.05, 0) is 41.5 Å². The fourth-order valence-electron chi connectivity index (χ4n) is 7.35. The molecule has 2 N–H and O–H groups in total. The number of piperazine rings is 1. The minimum absolute atomic E-state index is 0.112. The quantitative estimate of drug-likeness (QED) is 0.206. The first-order chi connectivity index (χ1) is 22.7. The van der Waals surface area contributed by atoms with E-state index in [1.165, 1.54) is 30.8 Å². The van der Waals surface area contributed by atoms with Crippen molar-refractivity contribution in [3.8, 4) is 5.75 Å². The monoisotopic (exact) mass is 689 g/mol. The maximum Gasteiger partial charge on any atom is 0.266 e. The van der Waals surface area contributed by atoms with Crippen LogP contribution in [0.15, 0.2) is 90.0 Å². The zero-order valence-corrected chi connectivity index (χ0v) is 27.7. The van der Waals surface area contributed by atoms with Crippen LogP contribution in [0, 0.1) is 0 Å². The zero-order valence-electron chi connectivity index (χ0n) is 25.3. The highest BCUT2D eigenvalue weighted by atomic mass is 33.1. The minimum atomic E-state index is -4.17. The van der Waals surface area contributed by atoms with Gasteiger partial charge in [-0.15, -0.1) is 5.10 Å². The first-order valence-electron chi connectivity index (χ1n) is 15.2. The molecule has 5 aliphatic heterocycles. The number of fused-ring (bicyclic) bond motifs is 5. The van der Waals surface area contributed by atoms with Crippen molar-refractivity contribution < 1.29 is 22.7 Å². The van der Waals surface area contributed by atoms with Gasteiger partial charge in [0.25, 0.3) is 21.8 Å². The lowest BCUT2D eigenvalue weighted by Gasteiger charge is -2.53. The second-order valence-corrected chi connectivity index (χ2v) is 16.4. The summed E-state index contributed by atoms with van der Waals surface area (Å²) >= 11 is 0. The number of carbonyl (C=O) groups excluding carboxylic acids is 2. The third kappa shape index (κ3) is 4.29. The number of carbonyl (C=O) groups is 2. The van der Waals surface area contributed by atoms with Crippen LogP contribution in [0.5, 0.6) is 5.75 Å². The van der Waals surface area contributed by atoms with E-state index < -0.39 is 31.8 Å². The summed E-state index contributed by atoms with van der Waals surface area (Å²) in [5.41, 5.74) is 7.36. The number of amides is 2. The topological polar surface area (TPSA) is 144 Å². The van der Waals surface area contributed by atoms with Gasteiger partial charge in [0.1, 0.15) is 11.9 Å². The van der Waals surface area contributed by atoms with Crippen molar-refractivity contribution >= 4 is 49.1 Å². The third-order valence-electron chi connectivity index (χ3n) is 9.43. The second-order valence-electron chi connectivity index (χ2n) is 12.0. The first kappa shape index (κ1) is 30.3. The molecule has 4 atom stereocenters. The van der Waals surface area contributed by atoms with Crippen LogP contribution in [-0.4, -0.2) is 75.1 Å². The molecule has 47 heavy (non-hydrogen) atoms. The van der Waals surface area contributed by atoms with Crippen LogP contribution in [0.25, 0.3) is 0 Å². The highest BCUT2D eigenvalue weighted by Crippen LogP contribution is 2.69. The number of rotatable bonds is 9. The molecule has 1 spiro atoms. The maximum absolute atomic E-state index is 14.6. The standard InChI is InChI=1S/C32H31N7O5S3/c1-36-28-27(40)38-29-31(20-32(38,30(36)41)46-45-28,21-12-14-23(15-13-21)44-17-7-16-37-19-22(18-33)34-35-37)25-10-5-6-11-26(25)39(29)47(42,43)24-8-3-2-4-9-24/h2-6,8-15,19,28-29H,7,16-18,20,33H2,1H3/t28-,29-,31-,32-/m0/s1. The van der Waals surface area contributed by atoms with E-state index in [4.69, 9.17) is 10.5 Å². The number of nitrogens with two attached hydrogens (primary N) is 1. The van der Waals surface area contributed by atoms with E-state index in [1.54, 1.807) is 59.1 Å². The molecule has 12 nitrogen and oxygen atoms in total. The molecular weight excluding hydrogens is 659 g/mol. The summed E-state index contributed by atoms with van der Waals surface area (Å²) < 4.78 is 38.4. The Morgan fingerprint density at radius 3 is 2.51 bits per heavy atom. The van der Waals surface area contributed by atoms with Gasteiger partial charge in [0, 0.05) is 39.2 Å². The summed E-state index contributed by atoms with van der Waals surface area (Å²) in [6.45, 7) is 1.41. The molecule has 4 fully saturated rings. The van der Waals surface area contributed by atoms with Crippen LogP contribution in [0.4, 0.5) is 5.69 Å². The fraction of sp³-hybridized carbons (Fsp3) is 0.312. The number of aromatic nitrogens is 3. The predicted octanol–water partition coefficient (Wildman–Crippen LogP) is 3.15. The predicted molar refractivity (Wildman–Crippen MR) is 178 cm³/mol. The van der Waals surface area contributed by atoms with Crippen molar-refractivity contribution in [3.63, 3.8) is 0 Å². The Balaban J connectivity index is 1.20. The van der Waals surface area contributed by atoms with Gasteiger partial charge >= 0.3 is 0 Å². The summed E-state index contributed by atoms with van der Waals surface area (Å²) in [5.74, 6) is 0.185. The van der Waals surface area contributed by atoms with Crippen molar-refractivity contribution in [2.45, 2.75) is 52.7 Å². The number of likely N-dealkylation sites (N-methyl/N-ethyl adjacent to an activating group) is 1. The first-order valence-corrected chi connectivity index (χ1v) is 18.8. The normalized spacial score (nSPS) is 26.0. The largest absolute Gasteiger partial charge is 0.494 e. The molecule has 2 amide bonds. The van der Waals surface area contributed by atoms with Gasteiger partial charge in [-0.3, -0.25) is 19.2 Å². The zero-order chi connectivity index (χ0) is 32.6. The summed E-state index contributed by atoms with van der Waals surface area (Å²) in [6.07, 6.45) is 1.73. The summed E-state index contributed by atoms with van der Waals surface area (Å²) in [7, 11) is 0.204. The Kier molecular flexibility index (Phi) is 7.09. The van der Waals surface area contributed by atoms with Crippen LogP contribution in [0.3, 0.4) is 0 Å². The van der Waals surface area contributed by atoms with Gasteiger partial charge in [0.05, 0.1) is 28.3 Å². The molecule has 5 aliphatic rings. The van der Waals surface area contributed by atoms with E-state index in [9.17, 15) is 18.0 Å². The van der Waals surface area contributed by atoms with E-state index in [2.05, 4.69) is 10.3 Å². The Morgan fingerprint density at radius 1 is 1.02 bits per heavy atom. The molecule has 2 bridgehead atoms. The lowest BCUT2D eigenvalue weighted by molar-refractivity contribution is -0.158. The van der Waals surface area contributed by atoms with Crippen molar-refractivity contribution in [1.29, 1.82) is 0 Å². The van der Waals surface area contributed by atoms with Gasteiger partial charge in [-0.1, -0.05) is 75.3 Å². The van der Waals surface area contributed by atoms with E-state index >= 15 is 0 Å². The van der Waals surface area contributed by atoms with E-state index in [1.807, 2.05) is 42.6 Å². The number of para-hydroxylation sites is 1. The van der Waals surface area contributed by atoms with E-state index in [0.29, 0.717) is 37.6 Å². The Bertz CT molecular complexity index is 1990. The Morgan fingerprint density at radius 2 is 1.77 bits per heavy atom. The van der Waals surface area contributed by atoms with E-state index in [0.717, 1.165) is 16.8 Å². The lowest BCUT2D eigenvalue weighted by atomic mass is 9.72. The number of nitrogens with zero attached hydrogens (tertiary/aromatic N) is 6. The molecular formula is C32H31N7O5S3. The molecule has 4 aromatic rings. The molecule has 9 rings (SSSR count). The number of sulfonamides is 1. The van der Waals surface area contributed by atoms with Gasteiger partial charge in [-0.25, -0.2) is 12.7 Å². The van der Waals surface area contributed by atoms with Crippen LogP contribution < -0.4 is 14.8 Å². The highest BCUT2D eigenvalue weighted by Gasteiger charge is 2.77. The van der Waals surface area contributed by atoms with Gasteiger partial charge in [0.15, 0.2) is 10.2 Å². The smallest absolute Gasteiger partial charge is 0.266 e. The average molecular weight is 690 g/mol. The Hall–Kier alpha value is -4.05. The van der Waals surface area contributed by atoms with Gasteiger partial charge in [-0.2, -0.15) is 0 Å². The third-order valence-corrected chi connectivity index (χ3v) is 14.5. The molecule has 0 radical (unpaired) electrons. The number of hydrogen-bond donors (Lipinski definition) is 1. The molecule has 3 aromatic carbocycles. The molecule has 0 saturated carbocycles. The van der Waals surface area contributed by atoms with Crippen LogP contribution in [0.1, 0.15) is 29.7 Å². The SMILES string of the molecule is CN1C(=O)[C@@]23C[C@]4(c5ccc(OCCCn6cc(CN)nn6)cc5)c5ccccc5N(S(=O)(=O)c5ccccc5)[C@@H]4N2C(=O)[C@@H]1SS3. The summed E-state index contributed by atoms with van der Waals surface area (Å²) in [4.78, 5) is 30.3. The number of aryl methyl sites for hydroxylation is 1. The van der Waals surface area contributed by atoms with Crippen molar-refractivity contribution in [1.82, 2.24) is 24.8 Å². The van der Waals surface area contributed by atoms with Crippen molar-refractivity contribution in [3.05, 3.63) is 102 Å². The highest BCUT2D eigenvalue weighted by molar-refractivity contribution is 8.78. The van der Waals surface area contributed by atoms with Crippen molar-refractivity contribution in [2.24, 2.45) is 5.73 Å².